The molecule has 0 amide bonds. The van der Waals surface area contributed by atoms with Crippen LogP contribution in [0.2, 0.25) is 0 Å². The van der Waals surface area contributed by atoms with Gasteiger partial charge in [0.1, 0.15) is 36.8 Å². The molecule has 0 bridgehead atoms. The number of aliphatic hydroxyl groups excluding tert-OH is 3. The predicted octanol–water partition coefficient (Wildman–Crippen LogP) is 6.66. The summed E-state index contributed by atoms with van der Waals surface area (Å²) in [6.07, 6.45) is 22.1. The molecule has 13 heteroatoms. The van der Waals surface area contributed by atoms with Crippen molar-refractivity contribution in [3.63, 3.8) is 0 Å². The zero-order chi connectivity index (χ0) is 38.5. The van der Waals surface area contributed by atoms with Crippen LogP contribution < -0.4 is 0 Å². The van der Waals surface area contributed by atoms with Gasteiger partial charge in [-0.1, -0.05) is 134 Å². The lowest BCUT2D eigenvalue weighted by Crippen LogP contribution is -2.60. The summed E-state index contributed by atoms with van der Waals surface area (Å²) in [5.41, 5.74) is 0. The number of esters is 2. The Morgan fingerprint density at radius 3 is 1.79 bits per heavy atom. The minimum Gasteiger partial charge on any atom is -0.462 e. The summed E-state index contributed by atoms with van der Waals surface area (Å²) >= 11 is 0. The summed E-state index contributed by atoms with van der Waals surface area (Å²) in [5, 5.41) is 30.7. The lowest BCUT2D eigenvalue weighted by atomic mass is 10.00. The highest BCUT2D eigenvalue weighted by atomic mass is 32.2. The van der Waals surface area contributed by atoms with Crippen molar-refractivity contribution < 1.29 is 56.8 Å². The van der Waals surface area contributed by atoms with E-state index in [-0.39, 0.29) is 19.4 Å². The van der Waals surface area contributed by atoms with E-state index >= 15 is 0 Å². The van der Waals surface area contributed by atoms with Crippen molar-refractivity contribution >= 4 is 22.1 Å². The third kappa shape index (κ3) is 25.0. The molecule has 302 valence electrons. The number of hydrogen-bond acceptors (Lipinski definition) is 11. The molecule has 3 unspecified atom stereocenters. The predicted molar refractivity (Wildman–Crippen MR) is 201 cm³/mol. The summed E-state index contributed by atoms with van der Waals surface area (Å²) in [6.45, 7) is 3.57. The molecule has 1 fully saturated rings. The van der Waals surface area contributed by atoms with Gasteiger partial charge in [-0.25, -0.2) is 0 Å². The number of carbonyl (C=O) groups is 2. The van der Waals surface area contributed by atoms with E-state index in [1.165, 1.54) is 44.9 Å². The second-order valence-electron chi connectivity index (χ2n) is 13.6. The number of hydrogen-bond donors (Lipinski definition) is 4. The lowest BCUT2D eigenvalue weighted by Gasteiger charge is -2.40. The van der Waals surface area contributed by atoms with E-state index in [4.69, 9.17) is 18.9 Å². The van der Waals surface area contributed by atoms with Crippen LogP contribution in [0.5, 0.6) is 0 Å². The van der Waals surface area contributed by atoms with Crippen molar-refractivity contribution in [1.29, 1.82) is 0 Å². The Kier molecular flexibility index (Phi) is 27.8. The molecule has 1 saturated heterocycles. The van der Waals surface area contributed by atoms with Crippen molar-refractivity contribution in [1.82, 2.24) is 0 Å². The van der Waals surface area contributed by atoms with Crippen molar-refractivity contribution in [3.05, 3.63) is 36.5 Å². The average Bonchev–Trinajstić information content (AvgIpc) is 3.10. The quantitative estimate of drug-likeness (QED) is 0.0255. The van der Waals surface area contributed by atoms with Crippen LogP contribution in [-0.2, 0) is 38.7 Å². The van der Waals surface area contributed by atoms with E-state index in [1.54, 1.807) is 0 Å². The molecule has 1 rings (SSSR count). The Hall–Kier alpha value is -2.13. The molecule has 4 N–H and O–H groups in total. The molecule has 0 aromatic rings. The molecule has 1 heterocycles. The summed E-state index contributed by atoms with van der Waals surface area (Å²) in [7, 11) is -4.60. The first-order valence-corrected chi connectivity index (χ1v) is 21.2. The molecule has 0 aliphatic carbocycles. The van der Waals surface area contributed by atoms with E-state index in [2.05, 4.69) is 26.0 Å². The number of unbranched alkanes of at least 4 members (excludes halogenated alkanes) is 15. The van der Waals surface area contributed by atoms with Gasteiger partial charge in [-0.05, 0) is 32.1 Å². The standard InChI is InChI=1S/C39H68O12S/c1-3-5-7-9-11-13-15-16-18-20-22-24-26-28-35(41)50-32(29-48-34(40)27-25-23-21-19-17-14-12-10-8-6-4-2)30-49-39-38(44)37(43)36(42)33(51-39)31-52(45,46)47/h5,7,9,11,13,15,32-33,36-39,42-44H,3-4,6,8,10,12,14,16-31H2,1-2H3,(H,45,46,47)/b7-5+,11-9+,15-13+/t32?,33-,36-,37?,38?,39+/m1/s1. The molecule has 0 aromatic heterocycles. The highest BCUT2D eigenvalue weighted by molar-refractivity contribution is 7.85. The maximum Gasteiger partial charge on any atom is 0.306 e. The zero-order valence-corrected chi connectivity index (χ0v) is 32.5. The molecular formula is C39H68O12S. The second kappa shape index (κ2) is 30.2. The molecule has 0 spiro atoms. The maximum absolute atomic E-state index is 12.7. The molecule has 52 heavy (non-hydrogen) atoms. The monoisotopic (exact) mass is 760 g/mol. The van der Waals surface area contributed by atoms with E-state index < -0.39 is 71.2 Å². The smallest absolute Gasteiger partial charge is 0.306 e. The number of aliphatic hydroxyl groups is 3. The fourth-order valence-electron chi connectivity index (χ4n) is 5.73. The number of carbonyl (C=O) groups excluding carboxylic acids is 2. The number of allylic oxidation sites excluding steroid dienone is 6. The second-order valence-corrected chi connectivity index (χ2v) is 15.1. The van der Waals surface area contributed by atoms with Crippen LogP contribution in [0.15, 0.2) is 36.5 Å². The van der Waals surface area contributed by atoms with Crippen molar-refractivity contribution in [2.75, 3.05) is 19.0 Å². The summed E-state index contributed by atoms with van der Waals surface area (Å²) in [4.78, 5) is 25.2. The molecule has 12 nitrogen and oxygen atoms in total. The van der Waals surface area contributed by atoms with Gasteiger partial charge in [-0.15, -0.1) is 0 Å². The highest BCUT2D eigenvalue weighted by Gasteiger charge is 2.46. The normalized spacial score (nSPS) is 21.7. The molecule has 6 atom stereocenters. The molecular weight excluding hydrogens is 692 g/mol. The summed E-state index contributed by atoms with van der Waals surface area (Å²) < 4.78 is 53.8. The lowest BCUT2D eigenvalue weighted by molar-refractivity contribution is -0.297. The van der Waals surface area contributed by atoms with E-state index in [1.807, 2.05) is 24.3 Å². The largest absolute Gasteiger partial charge is 0.462 e. The van der Waals surface area contributed by atoms with Gasteiger partial charge in [-0.3, -0.25) is 14.1 Å². The van der Waals surface area contributed by atoms with Crippen LogP contribution in [0.25, 0.3) is 0 Å². The SMILES string of the molecule is CC/C=C/C=C/C=C/CCCCCCCC(=O)OC(COC(=O)CCCCCCCCCCCCC)CO[C@H]1O[C@H](CS(=O)(=O)O)[C@@H](O)C(O)C1O. The van der Waals surface area contributed by atoms with Crippen molar-refractivity contribution in [3.8, 4) is 0 Å². The maximum atomic E-state index is 12.7. The Balaban J connectivity index is 2.54. The third-order valence-electron chi connectivity index (χ3n) is 8.80. The van der Waals surface area contributed by atoms with E-state index in [0.29, 0.717) is 12.8 Å². The van der Waals surface area contributed by atoms with Gasteiger partial charge in [0.25, 0.3) is 10.1 Å². The van der Waals surface area contributed by atoms with Crippen LogP contribution in [-0.4, -0.2) is 96.0 Å². The van der Waals surface area contributed by atoms with Crippen LogP contribution in [0.1, 0.15) is 142 Å². The van der Waals surface area contributed by atoms with Crippen LogP contribution in [0, 0.1) is 0 Å². The molecule has 1 aliphatic heterocycles. The topological polar surface area (TPSA) is 186 Å². The number of ether oxygens (including phenoxy) is 4. The molecule has 0 saturated carbocycles. The minimum atomic E-state index is -4.60. The van der Waals surface area contributed by atoms with Crippen molar-refractivity contribution in [2.45, 2.75) is 179 Å². The van der Waals surface area contributed by atoms with Crippen molar-refractivity contribution in [2.24, 2.45) is 0 Å². The first-order chi connectivity index (χ1) is 25.0. The van der Waals surface area contributed by atoms with E-state index in [9.17, 15) is 37.9 Å². The number of rotatable bonds is 31. The Labute approximate surface area is 312 Å². The molecule has 1 aliphatic rings. The van der Waals surface area contributed by atoms with Gasteiger partial charge < -0.3 is 34.3 Å². The summed E-state index contributed by atoms with van der Waals surface area (Å²) in [6, 6.07) is 0. The van der Waals surface area contributed by atoms with Gasteiger partial charge in [0, 0.05) is 12.8 Å². The van der Waals surface area contributed by atoms with Gasteiger partial charge >= 0.3 is 11.9 Å². The zero-order valence-electron chi connectivity index (χ0n) is 31.7. The molecule has 0 aromatic carbocycles. The van der Waals surface area contributed by atoms with Gasteiger partial charge in [-0.2, -0.15) is 8.42 Å². The third-order valence-corrected chi connectivity index (χ3v) is 9.55. The average molecular weight is 761 g/mol. The van der Waals surface area contributed by atoms with Gasteiger partial charge in [0.2, 0.25) is 0 Å². The van der Waals surface area contributed by atoms with E-state index in [0.717, 1.165) is 57.8 Å². The highest BCUT2D eigenvalue weighted by Crippen LogP contribution is 2.24. The first kappa shape index (κ1) is 47.9. The summed E-state index contributed by atoms with van der Waals surface area (Å²) in [5.74, 6) is -2.01. The Morgan fingerprint density at radius 2 is 1.21 bits per heavy atom. The Bertz CT molecular complexity index is 1120. The minimum absolute atomic E-state index is 0.142. The fourth-order valence-corrected chi connectivity index (χ4v) is 6.42. The first-order valence-electron chi connectivity index (χ1n) is 19.6. The van der Waals surface area contributed by atoms with Gasteiger partial charge in [0.05, 0.1) is 6.61 Å². The van der Waals surface area contributed by atoms with Gasteiger partial charge in [0.15, 0.2) is 12.4 Å². The van der Waals surface area contributed by atoms with Crippen LogP contribution in [0.3, 0.4) is 0 Å². The van der Waals surface area contributed by atoms with Crippen LogP contribution in [0.4, 0.5) is 0 Å². The fraction of sp³-hybridized carbons (Fsp3) is 0.795. The van der Waals surface area contributed by atoms with Crippen LogP contribution >= 0.6 is 0 Å². The Morgan fingerprint density at radius 1 is 0.673 bits per heavy atom. The molecule has 0 radical (unpaired) electrons.